The predicted octanol–water partition coefficient (Wildman–Crippen LogP) is 3.45. The number of unbranched alkanes of at least 4 members (excludes halogenated alkanes) is 4. The molecule has 0 saturated heterocycles. The fourth-order valence-corrected chi connectivity index (χ4v) is 2.63. The van der Waals surface area contributed by atoms with Crippen LogP contribution in [0.25, 0.3) is 0 Å². The van der Waals surface area contributed by atoms with Gasteiger partial charge in [0, 0.05) is 0 Å². The van der Waals surface area contributed by atoms with Gasteiger partial charge < -0.3 is 0 Å². The Balaban J connectivity index is 2.59. The molecule has 0 spiro atoms. The van der Waals surface area contributed by atoms with Crippen molar-refractivity contribution in [3.8, 4) is 0 Å². The van der Waals surface area contributed by atoms with Crippen LogP contribution in [0.2, 0.25) is 0 Å². The smallest absolute Gasteiger partial charge is 0.282 e. The second-order valence-electron chi connectivity index (χ2n) is 4.25. The standard InChI is InChI=1S/C13H20O3S/c1-2-3-4-5-6-9-12-10-7-8-11-13(12)17(14,15)16/h7-8,10-11H,2-6,9H2,1H3,(H,14,15,16). The van der Waals surface area contributed by atoms with Crippen LogP contribution >= 0.6 is 0 Å². The van der Waals surface area contributed by atoms with Gasteiger partial charge in [-0.15, -0.1) is 0 Å². The van der Waals surface area contributed by atoms with Gasteiger partial charge in [-0.25, -0.2) is 0 Å². The van der Waals surface area contributed by atoms with Gasteiger partial charge in [-0.1, -0.05) is 50.8 Å². The maximum atomic E-state index is 11.1. The van der Waals surface area contributed by atoms with Gasteiger partial charge in [-0.05, 0) is 24.5 Å². The zero-order chi connectivity index (χ0) is 12.7. The summed E-state index contributed by atoms with van der Waals surface area (Å²) in [6.45, 7) is 2.16. The van der Waals surface area contributed by atoms with Crippen molar-refractivity contribution in [2.45, 2.75) is 50.3 Å². The number of hydrogen-bond donors (Lipinski definition) is 1. The minimum Gasteiger partial charge on any atom is -0.282 e. The number of rotatable bonds is 7. The number of benzene rings is 1. The highest BCUT2D eigenvalue weighted by atomic mass is 32.2. The van der Waals surface area contributed by atoms with E-state index in [2.05, 4.69) is 6.92 Å². The van der Waals surface area contributed by atoms with Gasteiger partial charge in [-0.3, -0.25) is 4.55 Å². The Bertz CT molecular complexity index is 438. The fourth-order valence-electron chi connectivity index (χ4n) is 1.88. The van der Waals surface area contributed by atoms with Crippen molar-refractivity contribution in [2.24, 2.45) is 0 Å². The van der Waals surface area contributed by atoms with Crippen molar-refractivity contribution in [1.29, 1.82) is 0 Å². The van der Waals surface area contributed by atoms with E-state index >= 15 is 0 Å². The molecule has 1 N–H and O–H groups in total. The van der Waals surface area contributed by atoms with Crippen LogP contribution in [0.15, 0.2) is 29.2 Å². The average Bonchev–Trinajstić information content (AvgIpc) is 2.28. The maximum absolute atomic E-state index is 11.1. The van der Waals surface area contributed by atoms with Crippen molar-refractivity contribution < 1.29 is 13.0 Å². The number of hydrogen-bond acceptors (Lipinski definition) is 2. The summed E-state index contributed by atoms with van der Waals surface area (Å²) in [6.07, 6.45) is 6.38. The fraction of sp³-hybridized carbons (Fsp3) is 0.538. The van der Waals surface area contributed by atoms with Gasteiger partial charge in [-0.2, -0.15) is 8.42 Å². The minimum atomic E-state index is -4.08. The summed E-state index contributed by atoms with van der Waals surface area (Å²) >= 11 is 0. The molecule has 3 nitrogen and oxygen atoms in total. The van der Waals surface area contributed by atoms with Gasteiger partial charge in [0.1, 0.15) is 0 Å². The molecule has 17 heavy (non-hydrogen) atoms. The van der Waals surface area contributed by atoms with E-state index in [0.717, 1.165) is 12.8 Å². The Kier molecular flexibility index (Phi) is 5.65. The third-order valence-corrected chi connectivity index (χ3v) is 3.75. The largest absolute Gasteiger partial charge is 0.294 e. The molecule has 0 amide bonds. The van der Waals surface area contributed by atoms with Gasteiger partial charge in [0.2, 0.25) is 0 Å². The van der Waals surface area contributed by atoms with E-state index in [0.29, 0.717) is 12.0 Å². The topological polar surface area (TPSA) is 54.4 Å². The molecule has 1 aromatic rings. The summed E-state index contributed by atoms with van der Waals surface area (Å²) in [5.41, 5.74) is 0.714. The van der Waals surface area contributed by atoms with Crippen LogP contribution < -0.4 is 0 Å². The Morgan fingerprint density at radius 3 is 2.35 bits per heavy atom. The lowest BCUT2D eigenvalue weighted by Crippen LogP contribution is -2.03. The molecule has 0 bridgehead atoms. The molecule has 0 aliphatic heterocycles. The van der Waals surface area contributed by atoms with Crippen LogP contribution in [0, 0.1) is 0 Å². The zero-order valence-corrected chi connectivity index (χ0v) is 11.0. The monoisotopic (exact) mass is 256 g/mol. The van der Waals surface area contributed by atoms with Gasteiger partial charge in [0.05, 0.1) is 4.90 Å². The van der Waals surface area contributed by atoms with Crippen LogP contribution in [0.5, 0.6) is 0 Å². The van der Waals surface area contributed by atoms with Crippen molar-refractivity contribution >= 4 is 10.1 Å². The Labute approximate surface area is 104 Å². The first-order valence-corrected chi connectivity index (χ1v) is 7.55. The minimum absolute atomic E-state index is 0.0514. The van der Waals surface area contributed by atoms with E-state index in [9.17, 15) is 8.42 Å². The molecule has 1 rings (SSSR count). The predicted molar refractivity (Wildman–Crippen MR) is 68.7 cm³/mol. The average molecular weight is 256 g/mol. The van der Waals surface area contributed by atoms with Gasteiger partial charge >= 0.3 is 0 Å². The summed E-state index contributed by atoms with van der Waals surface area (Å²) in [5, 5.41) is 0. The molecule has 0 radical (unpaired) electrons. The number of aryl methyl sites for hydroxylation is 1. The van der Waals surface area contributed by atoms with E-state index in [1.165, 1.54) is 25.3 Å². The molecule has 0 atom stereocenters. The molecule has 0 aliphatic carbocycles. The van der Waals surface area contributed by atoms with Crippen molar-refractivity contribution in [1.82, 2.24) is 0 Å². The van der Waals surface area contributed by atoms with Crippen LogP contribution in [0.4, 0.5) is 0 Å². The Morgan fingerprint density at radius 2 is 1.71 bits per heavy atom. The highest BCUT2D eigenvalue weighted by Gasteiger charge is 2.13. The first-order valence-electron chi connectivity index (χ1n) is 6.11. The van der Waals surface area contributed by atoms with E-state index in [1.807, 2.05) is 0 Å². The molecule has 0 unspecified atom stereocenters. The SMILES string of the molecule is CCCCCCCc1ccccc1S(=O)(=O)O. The molecule has 0 aliphatic rings. The summed E-state index contributed by atoms with van der Waals surface area (Å²) < 4.78 is 31.4. The van der Waals surface area contributed by atoms with E-state index < -0.39 is 10.1 Å². The lowest BCUT2D eigenvalue weighted by molar-refractivity contribution is 0.481. The summed E-state index contributed by atoms with van der Waals surface area (Å²) in [7, 11) is -4.08. The third-order valence-electron chi connectivity index (χ3n) is 2.80. The second-order valence-corrected chi connectivity index (χ2v) is 5.64. The summed E-state index contributed by atoms with van der Waals surface area (Å²) in [5.74, 6) is 0. The Hall–Kier alpha value is -0.870. The zero-order valence-electron chi connectivity index (χ0n) is 10.2. The van der Waals surface area contributed by atoms with Gasteiger partial charge in [0.15, 0.2) is 0 Å². The first-order chi connectivity index (χ1) is 8.05. The lowest BCUT2D eigenvalue weighted by atomic mass is 10.1. The first kappa shape index (κ1) is 14.2. The third kappa shape index (κ3) is 4.88. The molecule has 0 fully saturated rings. The van der Waals surface area contributed by atoms with Gasteiger partial charge in [0.25, 0.3) is 10.1 Å². The van der Waals surface area contributed by atoms with Crippen LogP contribution in [0.3, 0.4) is 0 Å². The molecule has 1 aromatic carbocycles. The van der Waals surface area contributed by atoms with E-state index in [1.54, 1.807) is 18.2 Å². The second kappa shape index (κ2) is 6.77. The summed E-state index contributed by atoms with van der Waals surface area (Å²) in [6, 6.07) is 6.65. The van der Waals surface area contributed by atoms with Crippen molar-refractivity contribution in [3.63, 3.8) is 0 Å². The van der Waals surface area contributed by atoms with Crippen LogP contribution in [-0.2, 0) is 16.5 Å². The van der Waals surface area contributed by atoms with Crippen molar-refractivity contribution in [3.05, 3.63) is 29.8 Å². The molecule has 0 aromatic heterocycles. The van der Waals surface area contributed by atoms with E-state index in [4.69, 9.17) is 4.55 Å². The molecule has 4 heteroatoms. The maximum Gasteiger partial charge on any atom is 0.294 e. The highest BCUT2D eigenvalue weighted by Crippen LogP contribution is 2.18. The quantitative estimate of drug-likeness (QED) is 0.600. The molecular weight excluding hydrogens is 236 g/mol. The Morgan fingerprint density at radius 1 is 1.06 bits per heavy atom. The highest BCUT2D eigenvalue weighted by molar-refractivity contribution is 7.85. The normalized spacial score (nSPS) is 11.6. The molecule has 0 heterocycles. The van der Waals surface area contributed by atoms with Crippen LogP contribution in [-0.4, -0.2) is 13.0 Å². The van der Waals surface area contributed by atoms with Crippen LogP contribution in [0.1, 0.15) is 44.6 Å². The van der Waals surface area contributed by atoms with E-state index in [-0.39, 0.29) is 4.90 Å². The lowest BCUT2D eigenvalue weighted by Gasteiger charge is -2.06. The van der Waals surface area contributed by atoms with Crippen molar-refractivity contribution in [2.75, 3.05) is 0 Å². The molecular formula is C13H20O3S. The molecule has 96 valence electrons. The molecule has 0 saturated carbocycles. The summed E-state index contributed by atoms with van der Waals surface area (Å²) in [4.78, 5) is 0.0514.